The Morgan fingerprint density at radius 3 is 2.64 bits per heavy atom. The summed E-state index contributed by atoms with van der Waals surface area (Å²) in [5, 5.41) is 11.9. The van der Waals surface area contributed by atoms with Gasteiger partial charge in [-0.15, -0.1) is 10.2 Å². The lowest BCUT2D eigenvalue weighted by atomic mass is 9.95. The van der Waals surface area contributed by atoms with E-state index in [1.165, 1.54) is 37.7 Å². The van der Waals surface area contributed by atoms with Crippen molar-refractivity contribution < 1.29 is 4.79 Å². The Kier molecular flexibility index (Phi) is 4.63. The summed E-state index contributed by atoms with van der Waals surface area (Å²) in [4.78, 5) is 14.7. The summed E-state index contributed by atoms with van der Waals surface area (Å²) < 4.78 is 0. The van der Waals surface area contributed by atoms with E-state index in [0.29, 0.717) is 11.7 Å². The van der Waals surface area contributed by atoms with Crippen LogP contribution in [0.5, 0.6) is 0 Å². The van der Waals surface area contributed by atoms with E-state index < -0.39 is 0 Å². The molecule has 0 spiro atoms. The Labute approximate surface area is 148 Å². The monoisotopic (exact) mass is 336 g/mol. The Bertz CT molecular complexity index is 738. The molecule has 1 fully saturated rings. The predicted octanol–water partition coefficient (Wildman–Crippen LogP) is 3.81. The van der Waals surface area contributed by atoms with Gasteiger partial charge in [-0.2, -0.15) is 0 Å². The van der Waals surface area contributed by atoms with Gasteiger partial charge >= 0.3 is 0 Å². The first-order chi connectivity index (χ1) is 12.3. The fourth-order valence-corrected chi connectivity index (χ4v) is 3.86. The van der Waals surface area contributed by atoms with Crippen molar-refractivity contribution in [2.45, 2.75) is 51.0 Å². The van der Waals surface area contributed by atoms with Crippen LogP contribution in [0, 0.1) is 0 Å². The number of carbonyl (C=O) groups excluding carboxylic acids is 1. The molecule has 0 radical (unpaired) electrons. The van der Waals surface area contributed by atoms with Crippen LogP contribution in [-0.2, 0) is 6.42 Å². The van der Waals surface area contributed by atoms with Gasteiger partial charge in [-0.3, -0.25) is 4.79 Å². The molecule has 1 aliphatic carbocycles. The van der Waals surface area contributed by atoms with Crippen molar-refractivity contribution in [3.8, 4) is 0 Å². The number of rotatable bonds is 3. The molecule has 1 aromatic carbocycles. The van der Waals surface area contributed by atoms with Crippen LogP contribution < -0.4 is 10.2 Å². The predicted molar refractivity (Wildman–Crippen MR) is 99.0 cm³/mol. The van der Waals surface area contributed by atoms with Crippen LogP contribution in [0.1, 0.15) is 54.6 Å². The molecule has 1 aromatic heterocycles. The normalized spacial score (nSPS) is 17.8. The molecule has 0 unspecified atom stereocenters. The molecule has 1 saturated carbocycles. The van der Waals surface area contributed by atoms with Crippen molar-refractivity contribution in [3.05, 3.63) is 47.7 Å². The Morgan fingerprint density at radius 1 is 1.00 bits per heavy atom. The molecule has 1 amide bonds. The fourth-order valence-electron chi connectivity index (χ4n) is 3.86. The summed E-state index contributed by atoms with van der Waals surface area (Å²) in [6, 6.07) is 12.3. The van der Waals surface area contributed by atoms with Crippen LogP contribution >= 0.6 is 0 Å². The molecule has 1 N–H and O–H groups in total. The molecule has 4 rings (SSSR count). The molecule has 5 heteroatoms. The zero-order valence-corrected chi connectivity index (χ0v) is 14.4. The zero-order chi connectivity index (χ0) is 17.1. The first-order valence-electron chi connectivity index (χ1n) is 9.31. The summed E-state index contributed by atoms with van der Waals surface area (Å²) in [5.41, 5.74) is 2.64. The molecule has 0 atom stereocenters. The van der Waals surface area contributed by atoms with E-state index in [9.17, 15) is 4.79 Å². The third-order valence-corrected chi connectivity index (χ3v) is 5.20. The lowest BCUT2D eigenvalue weighted by molar-refractivity contribution is 0.0979. The third kappa shape index (κ3) is 3.50. The van der Waals surface area contributed by atoms with Gasteiger partial charge in [0.15, 0.2) is 5.69 Å². The van der Waals surface area contributed by atoms with Crippen LogP contribution in [0.4, 0.5) is 11.5 Å². The number of carbonyl (C=O) groups is 1. The Hall–Kier alpha value is -2.43. The van der Waals surface area contributed by atoms with E-state index >= 15 is 0 Å². The first kappa shape index (κ1) is 16.1. The highest BCUT2D eigenvalue weighted by atomic mass is 16.2. The minimum Gasteiger partial charge on any atom is -0.366 e. The number of para-hydroxylation sites is 1. The minimum absolute atomic E-state index is 0.0659. The molecule has 2 heterocycles. The maximum absolute atomic E-state index is 12.9. The van der Waals surface area contributed by atoms with Crippen LogP contribution in [0.2, 0.25) is 0 Å². The number of hydrogen-bond acceptors (Lipinski definition) is 4. The highest BCUT2D eigenvalue weighted by Gasteiger charge is 2.24. The number of nitrogens with one attached hydrogen (secondary N) is 1. The Balaban J connectivity index is 1.48. The maximum Gasteiger partial charge on any atom is 0.278 e. The van der Waals surface area contributed by atoms with Crippen molar-refractivity contribution in [3.63, 3.8) is 0 Å². The summed E-state index contributed by atoms with van der Waals surface area (Å²) >= 11 is 0. The second-order valence-corrected chi connectivity index (χ2v) is 6.97. The topological polar surface area (TPSA) is 58.1 Å². The lowest BCUT2D eigenvalue weighted by Crippen LogP contribution is -2.36. The average Bonchev–Trinajstić information content (AvgIpc) is 2.68. The minimum atomic E-state index is -0.0659. The van der Waals surface area contributed by atoms with E-state index in [1.807, 2.05) is 29.2 Å². The highest BCUT2D eigenvalue weighted by molar-refractivity contribution is 6.05. The number of benzene rings is 1. The van der Waals surface area contributed by atoms with Gasteiger partial charge in [0.1, 0.15) is 5.82 Å². The molecule has 0 saturated heterocycles. The molecule has 5 nitrogen and oxygen atoms in total. The number of amides is 1. The van der Waals surface area contributed by atoms with Crippen molar-refractivity contribution in [1.29, 1.82) is 0 Å². The fraction of sp³-hybridized carbons (Fsp3) is 0.450. The quantitative estimate of drug-likeness (QED) is 0.926. The second-order valence-electron chi connectivity index (χ2n) is 6.97. The summed E-state index contributed by atoms with van der Waals surface area (Å²) in [7, 11) is 0. The molecular formula is C20H24N4O. The average molecular weight is 336 g/mol. The maximum atomic E-state index is 12.9. The van der Waals surface area contributed by atoms with Crippen molar-refractivity contribution >= 4 is 17.4 Å². The summed E-state index contributed by atoms with van der Waals surface area (Å²) in [6.07, 6.45) is 8.26. The van der Waals surface area contributed by atoms with E-state index in [-0.39, 0.29) is 5.91 Å². The van der Waals surface area contributed by atoms with Gasteiger partial charge in [-0.1, -0.05) is 37.5 Å². The van der Waals surface area contributed by atoms with E-state index in [1.54, 1.807) is 6.07 Å². The van der Waals surface area contributed by atoms with E-state index in [2.05, 4.69) is 21.6 Å². The van der Waals surface area contributed by atoms with Gasteiger partial charge in [0.05, 0.1) is 0 Å². The smallest absolute Gasteiger partial charge is 0.278 e. The lowest BCUT2D eigenvalue weighted by Gasteiger charge is -2.29. The number of fused-ring (bicyclic) bond motifs is 1. The van der Waals surface area contributed by atoms with Crippen LogP contribution in [0.3, 0.4) is 0 Å². The van der Waals surface area contributed by atoms with Gasteiger partial charge in [0.2, 0.25) is 0 Å². The number of nitrogens with zero attached hydrogens (tertiary/aromatic N) is 3. The largest absolute Gasteiger partial charge is 0.366 e. The van der Waals surface area contributed by atoms with Crippen molar-refractivity contribution in [2.24, 2.45) is 0 Å². The van der Waals surface area contributed by atoms with Crippen molar-refractivity contribution in [2.75, 3.05) is 16.8 Å². The summed E-state index contributed by atoms with van der Waals surface area (Å²) in [6.45, 7) is 0.736. The second kappa shape index (κ2) is 7.21. The number of aryl methyl sites for hydroxylation is 1. The molecule has 0 bridgehead atoms. The van der Waals surface area contributed by atoms with Gasteiger partial charge in [0, 0.05) is 18.3 Å². The standard InChI is InChI=1S/C20H24N4O/c25-20(24-14-6-8-15-7-4-5-11-18(15)24)17-12-13-19(23-22-17)21-16-9-2-1-3-10-16/h4-5,7,11-13,16H,1-3,6,8-10,14H2,(H,21,23). The van der Waals surface area contributed by atoms with Gasteiger partial charge < -0.3 is 10.2 Å². The molecule has 130 valence electrons. The van der Waals surface area contributed by atoms with Crippen LogP contribution in [-0.4, -0.2) is 28.7 Å². The molecule has 25 heavy (non-hydrogen) atoms. The van der Waals surface area contributed by atoms with Crippen LogP contribution in [0.15, 0.2) is 36.4 Å². The number of anilines is 2. The molecular weight excluding hydrogens is 312 g/mol. The molecule has 2 aliphatic rings. The Morgan fingerprint density at radius 2 is 1.84 bits per heavy atom. The van der Waals surface area contributed by atoms with E-state index in [0.717, 1.165) is 30.9 Å². The van der Waals surface area contributed by atoms with Gasteiger partial charge in [0.25, 0.3) is 5.91 Å². The number of hydrogen-bond donors (Lipinski definition) is 1. The molecule has 1 aliphatic heterocycles. The summed E-state index contributed by atoms with van der Waals surface area (Å²) in [5.74, 6) is 0.700. The van der Waals surface area contributed by atoms with Crippen molar-refractivity contribution in [1.82, 2.24) is 10.2 Å². The SMILES string of the molecule is O=C(c1ccc(NC2CCCCC2)nn1)N1CCCc2ccccc21. The van der Waals surface area contributed by atoms with Gasteiger partial charge in [-0.05, 0) is 49.4 Å². The molecule has 2 aromatic rings. The first-order valence-corrected chi connectivity index (χ1v) is 9.31. The third-order valence-electron chi connectivity index (χ3n) is 5.20. The number of aromatic nitrogens is 2. The highest BCUT2D eigenvalue weighted by Crippen LogP contribution is 2.28. The van der Waals surface area contributed by atoms with Crippen LogP contribution in [0.25, 0.3) is 0 Å². The zero-order valence-electron chi connectivity index (χ0n) is 14.4. The van der Waals surface area contributed by atoms with Gasteiger partial charge in [-0.25, -0.2) is 0 Å². The van der Waals surface area contributed by atoms with E-state index in [4.69, 9.17) is 0 Å².